The van der Waals surface area contributed by atoms with Crippen LogP contribution in [0.2, 0.25) is 0 Å². The predicted molar refractivity (Wildman–Crippen MR) is 504 cm³/mol. The van der Waals surface area contributed by atoms with Crippen LogP contribution in [-0.4, -0.2) is 13.7 Å². The third-order valence-corrected chi connectivity index (χ3v) is 24.9. The van der Waals surface area contributed by atoms with Gasteiger partial charge < -0.3 is 23.9 Å². The smallest absolute Gasteiger partial charge is 0.0755 e. The van der Waals surface area contributed by atoms with Gasteiger partial charge in [-0.05, 0) is 187 Å². The van der Waals surface area contributed by atoms with Gasteiger partial charge in [-0.2, -0.15) is 0 Å². The van der Waals surface area contributed by atoms with Crippen LogP contribution in [0.1, 0.15) is 22.3 Å². The quantitative estimate of drug-likeness (QED) is 0.125. The molecule has 5 nitrogen and oxygen atoms in total. The van der Waals surface area contributed by atoms with Crippen molar-refractivity contribution in [2.24, 2.45) is 0 Å². The lowest BCUT2D eigenvalue weighted by molar-refractivity contribution is 0.748. The van der Waals surface area contributed by atoms with E-state index in [1.165, 1.54) is 149 Å². The minimum absolute atomic E-state index is 0.591. The standard InChI is InChI=1S/C73H47N3.C42H30N2/c1-2-19-48(20-3-1)49-39-41-51(42-40-49)55-23-5-11-33-65(55)74(53-45-43-50(44-46-53)52-21-16-22-54(47-52)75-66-34-12-6-24-56(66)57-25-7-13-35-67(57)75)70-38-18-31-63-71(70)60-27-4-9-29-61(60)73(63)62-30-10-15-37-69(62)76-68-36-14-8-26-58(68)59-28-17-32-64(73)72(59)76;1-2-11-30(12-3-1)31-21-23-33(24-22-31)37-15-4-7-18-40(37)43-35-27-25-32(26-28-35)34-13-10-14-36(29-34)44-41-19-8-5-16-38(41)39-17-6-9-20-42(39)44/h1-47H;1-29,43H. The van der Waals surface area contributed by atoms with Crippen molar-refractivity contribution >= 4 is 93.9 Å². The van der Waals surface area contributed by atoms with Crippen LogP contribution in [0.3, 0.4) is 0 Å². The zero-order valence-electron chi connectivity index (χ0n) is 65.7. The Morgan fingerprint density at radius 1 is 0.217 bits per heavy atom. The molecule has 1 spiro atoms. The molecule has 0 saturated carbocycles. The van der Waals surface area contributed by atoms with Gasteiger partial charge in [0, 0.05) is 77.4 Å². The second kappa shape index (κ2) is 28.9. The summed E-state index contributed by atoms with van der Waals surface area (Å²) >= 11 is 0. The van der Waals surface area contributed by atoms with E-state index in [1.54, 1.807) is 0 Å². The molecule has 0 saturated heterocycles. The highest BCUT2D eigenvalue weighted by atomic mass is 15.1. The van der Waals surface area contributed by atoms with Crippen LogP contribution in [0, 0.1) is 0 Å². The number of fused-ring (bicyclic) bond motifs is 18. The van der Waals surface area contributed by atoms with Crippen molar-refractivity contribution in [3.05, 3.63) is 483 Å². The van der Waals surface area contributed by atoms with Crippen molar-refractivity contribution < 1.29 is 0 Å². The van der Waals surface area contributed by atoms with E-state index in [1.807, 2.05) is 0 Å². The Hall–Kier alpha value is -15.8. The predicted octanol–water partition coefficient (Wildman–Crippen LogP) is 30.6. The molecule has 0 amide bonds. The van der Waals surface area contributed by atoms with Gasteiger partial charge in [0.1, 0.15) is 0 Å². The Bertz CT molecular complexity index is 7610. The maximum atomic E-state index is 3.67. The van der Waals surface area contributed by atoms with Crippen LogP contribution in [-0.2, 0) is 5.41 Å². The Morgan fingerprint density at radius 2 is 0.575 bits per heavy atom. The summed E-state index contributed by atoms with van der Waals surface area (Å²) in [7, 11) is 0. The summed E-state index contributed by atoms with van der Waals surface area (Å²) in [5.74, 6) is 0. The molecule has 0 radical (unpaired) electrons. The van der Waals surface area contributed by atoms with Crippen molar-refractivity contribution in [3.63, 3.8) is 0 Å². The molecular weight excluding hydrogens is 1450 g/mol. The van der Waals surface area contributed by atoms with Gasteiger partial charge in [0.25, 0.3) is 0 Å². The Balaban J connectivity index is 0.000000162. The zero-order valence-corrected chi connectivity index (χ0v) is 65.7. The van der Waals surface area contributed by atoms with E-state index in [0.29, 0.717) is 0 Å². The Labute approximate surface area is 696 Å². The number of rotatable bonds is 13. The molecule has 120 heavy (non-hydrogen) atoms. The number of hydrogen-bond donors (Lipinski definition) is 1. The zero-order chi connectivity index (χ0) is 79.2. The van der Waals surface area contributed by atoms with Crippen molar-refractivity contribution in [1.82, 2.24) is 13.7 Å². The summed E-state index contributed by atoms with van der Waals surface area (Å²) < 4.78 is 7.29. The molecule has 24 rings (SSSR count). The highest BCUT2D eigenvalue weighted by Crippen LogP contribution is 2.64. The molecule has 4 heterocycles. The van der Waals surface area contributed by atoms with E-state index < -0.39 is 5.41 Å². The van der Waals surface area contributed by atoms with Crippen molar-refractivity contribution in [2.45, 2.75) is 5.41 Å². The first kappa shape index (κ1) is 69.7. The molecule has 0 bridgehead atoms. The monoisotopic (exact) mass is 1530 g/mol. The molecule has 1 atom stereocenters. The number of benzene rings is 19. The second-order valence-corrected chi connectivity index (χ2v) is 31.4. The molecule has 1 unspecified atom stereocenters. The van der Waals surface area contributed by atoms with E-state index >= 15 is 0 Å². The molecule has 22 aromatic rings. The summed E-state index contributed by atoms with van der Waals surface area (Å²) in [6.45, 7) is 0. The number of nitrogens with one attached hydrogen (secondary N) is 1. The average Bonchev–Trinajstić information content (AvgIpc) is 1.49. The van der Waals surface area contributed by atoms with Crippen molar-refractivity contribution in [1.29, 1.82) is 0 Å². The van der Waals surface area contributed by atoms with Gasteiger partial charge in [-0.3, -0.25) is 0 Å². The molecular formula is C115H77N5. The van der Waals surface area contributed by atoms with Gasteiger partial charge in [-0.1, -0.05) is 358 Å². The summed E-state index contributed by atoms with van der Waals surface area (Å²) in [4.78, 5) is 2.53. The van der Waals surface area contributed by atoms with Crippen LogP contribution in [0.15, 0.2) is 461 Å². The SMILES string of the molecule is c1ccc(-c2ccc(-c3ccccc3N(c3ccc(-c4cccc(-n5c6ccccc6c6ccccc65)c4)cc3)c3cccc4c3-c3ccccc3C43c4ccccc4-n4c5ccccc5c5cccc3c54)cc2)cc1.c1ccc(-c2ccc(-c3ccccc3Nc3ccc(-c4cccc(-n5c6ccccc6c6ccccc65)c4)cc3)cc2)cc1. The van der Waals surface area contributed by atoms with Gasteiger partial charge in [0.2, 0.25) is 0 Å². The van der Waals surface area contributed by atoms with Crippen LogP contribution in [0.5, 0.6) is 0 Å². The van der Waals surface area contributed by atoms with Crippen LogP contribution >= 0.6 is 0 Å². The minimum Gasteiger partial charge on any atom is -0.355 e. The largest absolute Gasteiger partial charge is 0.355 e. The fourth-order valence-corrected chi connectivity index (χ4v) is 19.6. The topological polar surface area (TPSA) is 30.1 Å². The number of para-hydroxylation sites is 9. The highest BCUT2D eigenvalue weighted by molar-refractivity contribution is 6.14. The van der Waals surface area contributed by atoms with E-state index in [4.69, 9.17) is 0 Å². The van der Waals surface area contributed by atoms with E-state index in [2.05, 4.69) is 485 Å². The molecule has 3 aromatic heterocycles. The van der Waals surface area contributed by atoms with E-state index in [0.717, 1.165) is 62.1 Å². The third-order valence-electron chi connectivity index (χ3n) is 24.9. The van der Waals surface area contributed by atoms with Crippen LogP contribution in [0.25, 0.3) is 160 Å². The number of aromatic nitrogens is 3. The number of nitrogens with zero attached hydrogens (tertiary/aromatic N) is 4. The van der Waals surface area contributed by atoms with Crippen LogP contribution < -0.4 is 10.2 Å². The van der Waals surface area contributed by atoms with Gasteiger partial charge in [0.05, 0.1) is 55.6 Å². The average molecular weight is 1530 g/mol. The molecule has 1 N–H and O–H groups in total. The number of anilines is 5. The molecule has 2 aliphatic rings. The third kappa shape index (κ3) is 11.4. The van der Waals surface area contributed by atoms with Crippen molar-refractivity contribution in [2.75, 3.05) is 10.2 Å². The van der Waals surface area contributed by atoms with Gasteiger partial charge in [-0.25, -0.2) is 0 Å². The molecule has 1 aliphatic carbocycles. The van der Waals surface area contributed by atoms with E-state index in [-0.39, 0.29) is 0 Å². The number of hydrogen-bond acceptors (Lipinski definition) is 2. The lowest BCUT2D eigenvalue weighted by atomic mass is 9.65. The molecule has 5 heteroatoms. The first-order valence-corrected chi connectivity index (χ1v) is 41.4. The lowest BCUT2D eigenvalue weighted by Gasteiger charge is -2.39. The van der Waals surface area contributed by atoms with Gasteiger partial charge >= 0.3 is 0 Å². The summed E-state index contributed by atoms with van der Waals surface area (Å²) in [6, 6.07) is 168. The molecule has 562 valence electrons. The molecule has 0 fully saturated rings. The normalized spacial score (nSPS) is 13.0. The second-order valence-electron chi connectivity index (χ2n) is 31.4. The maximum Gasteiger partial charge on any atom is 0.0755 e. The van der Waals surface area contributed by atoms with Crippen LogP contribution in [0.4, 0.5) is 28.4 Å². The summed E-state index contributed by atoms with van der Waals surface area (Å²) in [6.07, 6.45) is 0. The minimum atomic E-state index is -0.591. The fourth-order valence-electron chi connectivity index (χ4n) is 19.6. The summed E-state index contributed by atoms with van der Waals surface area (Å²) in [5.41, 5.74) is 37.6. The Kier molecular flexibility index (Phi) is 16.8. The molecule has 1 aliphatic heterocycles. The van der Waals surface area contributed by atoms with Gasteiger partial charge in [-0.15, -0.1) is 0 Å². The van der Waals surface area contributed by atoms with Gasteiger partial charge in [0.15, 0.2) is 0 Å². The molecule has 19 aromatic carbocycles. The maximum absolute atomic E-state index is 3.67. The first-order valence-electron chi connectivity index (χ1n) is 41.4. The fraction of sp³-hybridized carbons (Fsp3) is 0.00870. The first-order chi connectivity index (χ1) is 59.6. The Morgan fingerprint density at radius 3 is 1.14 bits per heavy atom. The lowest BCUT2D eigenvalue weighted by Crippen LogP contribution is -2.33. The summed E-state index contributed by atoms with van der Waals surface area (Å²) in [5, 5.41) is 11.3. The van der Waals surface area contributed by atoms with Crippen molar-refractivity contribution in [3.8, 4) is 95.0 Å². The van der Waals surface area contributed by atoms with E-state index in [9.17, 15) is 0 Å². The highest BCUT2D eigenvalue weighted by Gasteiger charge is 2.52.